The van der Waals surface area contributed by atoms with Crippen LogP contribution in [-0.2, 0) is 0 Å². The van der Waals surface area contributed by atoms with Crippen molar-refractivity contribution >= 4 is 0 Å². The predicted octanol–water partition coefficient (Wildman–Crippen LogP) is -0.358. The summed E-state index contributed by atoms with van der Waals surface area (Å²) in [6.07, 6.45) is 0.106. The van der Waals surface area contributed by atoms with E-state index in [4.69, 9.17) is 10.2 Å². The molecule has 0 saturated heterocycles. The van der Waals surface area contributed by atoms with Gasteiger partial charge in [0.05, 0.1) is 6.61 Å². The first-order valence-corrected chi connectivity index (χ1v) is 3.48. The minimum Gasteiger partial charge on any atom is -0.396 e. The zero-order valence-corrected chi connectivity index (χ0v) is 6.43. The first kappa shape index (κ1) is 10.3. The Hall–Kier alpha value is -0.680. The van der Waals surface area contributed by atoms with Crippen molar-refractivity contribution in [1.82, 2.24) is 0 Å². The molecule has 0 amide bonds. The SMILES string of the molecule is CC(CO)C(CCO)[N+](=O)[O-]. The van der Waals surface area contributed by atoms with Crippen molar-refractivity contribution in [3.63, 3.8) is 0 Å². The molecule has 66 valence electrons. The normalized spacial score (nSPS) is 15.9. The fourth-order valence-electron chi connectivity index (χ4n) is 0.852. The van der Waals surface area contributed by atoms with E-state index in [0.29, 0.717) is 0 Å². The average Bonchev–Trinajstić information content (AvgIpc) is 1.98. The molecule has 0 heterocycles. The van der Waals surface area contributed by atoms with Gasteiger partial charge in [0, 0.05) is 23.9 Å². The highest BCUT2D eigenvalue weighted by atomic mass is 16.6. The lowest BCUT2D eigenvalue weighted by Crippen LogP contribution is -2.30. The second-order valence-corrected chi connectivity index (χ2v) is 2.52. The van der Waals surface area contributed by atoms with Crippen LogP contribution in [0, 0.1) is 16.0 Å². The highest BCUT2D eigenvalue weighted by molar-refractivity contribution is 4.63. The maximum Gasteiger partial charge on any atom is 0.220 e. The molecule has 5 heteroatoms. The minimum atomic E-state index is -0.829. The molecule has 0 aliphatic carbocycles. The molecule has 2 atom stereocenters. The molecule has 0 radical (unpaired) electrons. The first-order chi connectivity index (χ1) is 5.13. The summed E-state index contributed by atoms with van der Waals surface area (Å²) in [5.41, 5.74) is 0. The maximum atomic E-state index is 10.3. The van der Waals surface area contributed by atoms with Crippen molar-refractivity contribution in [2.75, 3.05) is 13.2 Å². The van der Waals surface area contributed by atoms with Gasteiger partial charge in [0.1, 0.15) is 0 Å². The first-order valence-electron chi connectivity index (χ1n) is 3.48. The van der Waals surface area contributed by atoms with Crippen molar-refractivity contribution in [3.8, 4) is 0 Å². The van der Waals surface area contributed by atoms with E-state index in [1.165, 1.54) is 0 Å². The van der Waals surface area contributed by atoms with Gasteiger partial charge in [-0.1, -0.05) is 6.92 Å². The van der Waals surface area contributed by atoms with Gasteiger partial charge >= 0.3 is 0 Å². The number of aliphatic hydroxyl groups excluding tert-OH is 2. The summed E-state index contributed by atoms with van der Waals surface area (Å²) in [5, 5.41) is 27.3. The van der Waals surface area contributed by atoms with Crippen molar-refractivity contribution in [3.05, 3.63) is 10.1 Å². The maximum absolute atomic E-state index is 10.3. The molecule has 0 aromatic heterocycles. The Labute approximate surface area is 64.8 Å². The molecule has 0 fully saturated rings. The molecule has 0 aromatic rings. The van der Waals surface area contributed by atoms with Gasteiger partial charge in [0.25, 0.3) is 0 Å². The summed E-state index contributed by atoms with van der Waals surface area (Å²) < 4.78 is 0. The third kappa shape index (κ3) is 3.29. The van der Waals surface area contributed by atoms with Crippen LogP contribution < -0.4 is 0 Å². The van der Waals surface area contributed by atoms with E-state index in [1.54, 1.807) is 6.92 Å². The van der Waals surface area contributed by atoms with Crippen molar-refractivity contribution in [1.29, 1.82) is 0 Å². The molecule has 2 N–H and O–H groups in total. The highest BCUT2D eigenvalue weighted by Gasteiger charge is 2.26. The number of rotatable bonds is 5. The van der Waals surface area contributed by atoms with Crippen LogP contribution in [0.2, 0.25) is 0 Å². The lowest BCUT2D eigenvalue weighted by atomic mass is 10.0. The summed E-state index contributed by atoms with van der Waals surface area (Å²) in [6, 6.07) is -0.829. The Morgan fingerprint density at radius 3 is 2.36 bits per heavy atom. The fraction of sp³-hybridized carbons (Fsp3) is 1.00. The Morgan fingerprint density at radius 2 is 2.09 bits per heavy atom. The van der Waals surface area contributed by atoms with Gasteiger partial charge in [0.15, 0.2) is 0 Å². The van der Waals surface area contributed by atoms with E-state index >= 15 is 0 Å². The van der Waals surface area contributed by atoms with Gasteiger partial charge in [-0.15, -0.1) is 0 Å². The van der Waals surface area contributed by atoms with Crippen LogP contribution in [0.25, 0.3) is 0 Å². The van der Waals surface area contributed by atoms with Gasteiger partial charge < -0.3 is 10.2 Å². The van der Waals surface area contributed by atoms with Crippen LogP contribution in [0.3, 0.4) is 0 Å². The van der Waals surface area contributed by atoms with Gasteiger partial charge in [0.2, 0.25) is 6.04 Å². The lowest BCUT2D eigenvalue weighted by Gasteiger charge is -2.12. The molecule has 0 aromatic carbocycles. The largest absolute Gasteiger partial charge is 0.396 e. The van der Waals surface area contributed by atoms with E-state index in [2.05, 4.69) is 0 Å². The van der Waals surface area contributed by atoms with Crippen molar-refractivity contribution in [2.45, 2.75) is 19.4 Å². The smallest absolute Gasteiger partial charge is 0.220 e. The van der Waals surface area contributed by atoms with E-state index in [9.17, 15) is 10.1 Å². The third-order valence-corrected chi connectivity index (χ3v) is 1.64. The van der Waals surface area contributed by atoms with Gasteiger partial charge in [-0.25, -0.2) is 0 Å². The summed E-state index contributed by atoms with van der Waals surface area (Å²) in [6.45, 7) is 1.16. The van der Waals surface area contributed by atoms with Crippen molar-refractivity contribution in [2.24, 2.45) is 5.92 Å². The van der Waals surface area contributed by atoms with Crippen molar-refractivity contribution < 1.29 is 15.1 Å². The molecule has 0 spiro atoms. The lowest BCUT2D eigenvalue weighted by molar-refractivity contribution is -0.533. The topological polar surface area (TPSA) is 83.6 Å². The van der Waals surface area contributed by atoms with Gasteiger partial charge in [-0.05, 0) is 0 Å². The van der Waals surface area contributed by atoms with Gasteiger partial charge in [-0.3, -0.25) is 10.1 Å². The zero-order chi connectivity index (χ0) is 8.85. The third-order valence-electron chi connectivity index (χ3n) is 1.64. The molecule has 0 aliphatic heterocycles. The fourth-order valence-corrected chi connectivity index (χ4v) is 0.852. The van der Waals surface area contributed by atoms with Gasteiger partial charge in [-0.2, -0.15) is 0 Å². The second kappa shape index (κ2) is 5.03. The van der Waals surface area contributed by atoms with Crippen LogP contribution in [0.5, 0.6) is 0 Å². The number of nitro groups is 1. The summed E-state index contributed by atoms with van der Waals surface area (Å²) in [7, 11) is 0. The monoisotopic (exact) mass is 163 g/mol. The van der Waals surface area contributed by atoms with E-state index in [1.807, 2.05) is 0 Å². The van der Waals surface area contributed by atoms with Crippen LogP contribution in [0.15, 0.2) is 0 Å². The van der Waals surface area contributed by atoms with Crippen LogP contribution in [0.1, 0.15) is 13.3 Å². The Balaban J connectivity index is 3.97. The Morgan fingerprint density at radius 1 is 1.55 bits per heavy atom. The van der Waals surface area contributed by atoms with E-state index < -0.39 is 16.9 Å². The molecule has 2 unspecified atom stereocenters. The van der Waals surface area contributed by atoms with Crippen LogP contribution in [-0.4, -0.2) is 34.4 Å². The van der Waals surface area contributed by atoms with E-state index in [0.717, 1.165) is 0 Å². The molecular formula is C6H13NO4. The molecular weight excluding hydrogens is 150 g/mol. The summed E-state index contributed by atoms with van der Waals surface area (Å²) in [5.74, 6) is -0.392. The average molecular weight is 163 g/mol. The van der Waals surface area contributed by atoms with Crippen LogP contribution >= 0.6 is 0 Å². The van der Waals surface area contributed by atoms with Crippen LogP contribution in [0.4, 0.5) is 0 Å². The Kier molecular flexibility index (Phi) is 4.72. The molecule has 0 bridgehead atoms. The predicted molar refractivity (Wildman–Crippen MR) is 38.7 cm³/mol. The quantitative estimate of drug-likeness (QED) is 0.428. The number of hydrogen-bond donors (Lipinski definition) is 2. The number of aliphatic hydroxyl groups is 2. The molecule has 0 rings (SSSR count). The minimum absolute atomic E-state index is 0.106. The number of nitrogens with zero attached hydrogens (tertiary/aromatic N) is 1. The van der Waals surface area contributed by atoms with E-state index in [-0.39, 0.29) is 19.6 Å². The second-order valence-electron chi connectivity index (χ2n) is 2.52. The Bertz CT molecular complexity index is 128. The number of hydrogen-bond acceptors (Lipinski definition) is 4. The molecule has 11 heavy (non-hydrogen) atoms. The molecule has 0 saturated carbocycles. The molecule has 0 aliphatic rings. The molecule has 5 nitrogen and oxygen atoms in total. The summed E-state index contributed by atoms with van der Waals surface area (Å²) in [4.78, 5) is 9.81. The standard InChI is InChI=1S/C6H13NO4/c1-5(4-9)6(2-3-8)7(10)11/h5-6,8-9H,2-4H2,1H3. The highest BCUT2D eigenvalue weighted by Crippen LogP contribution is 2.08. The summed E-state index contributed by atoms with van der Waals surface area (Å²) >= 11 is 0. The zero-order valence-electron chi connectivity index (χ0n) is 6.43.